The molecule has 2 rings (SSSR count). The number of benzene rings is 1. The number of anilines is 1. The van der Waals surface area contributed by atoms with Crippen molar-refractivity contribution < 1.29 is 9.47 Å². The number of aryl methyl sites for hydroxylation is 1. The molecular weight excluding hydrogens is 345 g/mol. The van der Waals surface area contributed by atoms with Crippen molar-refractivity contribution in [3.63, 3.8) is 0 Å². The third kappa shape index (κ3) is 2.12. The average molecular weight is 359 g/mol. The van der Waals surface area contributed by atoms with Crippen molar-refractivity contribution in [2.24, 2.45) is 0 Å². The van der Waals surface area contributed by atoms with E-state index in [1.807, 2.05) is 19.1 Å². The average Bonchev–Trinajstić information content (AvgIpc) is 2.70. The van der Waals surface area contributed by atoms with Crippen LogP contribution in [0.4, 0.5) is 5.82 Å². The lowest BCUT2D eigenvalue weighted by Crippen LogP contribution is -1.94. The Kier molecular flexibility index (Phi) is 3.65. The summed E-state index contributed by atoms with van der Waals surface area (Å²) in [5.74, 6) is 2.04. The van der Waals surface area contributed by atoms with E-state index in [0.717, 1.165) is 31.9 Å². The summed E-state index contributed by atoms with van der Waals surface area (Å²) in [5.41, 5.74) is 8.48. The van der Waals surface area contributed by atoms with E-state index in [1.165, 1.54) is 0 Å². The SMILES string of the molecule is COc1cc(-c2[nH]nc(N)c2I)c(OC)cc1C. The highest BCUT2D eigenvalue weighted by molar-refractivity contribution is 14.1. The lowest BCUT2D eigenvalue weighted by atomic mass is 10.1. The van der Waals surface area contributed by atoms with Crippen molar-refractivity contribution in [2.45, 2.75) is 6.92 Å². The molecule has 0 aliphatic carbocycles. The van der Waals surface area contributed by atoms with E-state index in [1.54, 1.807) is 14.2 Å². The van der Waals surface area contributed by atoms with Gasteiger partial charge in [-0.2, -0.15) is 5.10 Å². The molecule has 1 aromatic heterocycles. The zero-order chi connectivity index (χ0) is 13.3. The van der Waals surface area contributed by atoms with E-state index >= 15 is 0 Å². The second-order valence-corrected chi connectivity index (χ2v) is 4.90. The lowest BCUT2D eigenvalue weighted by Gasteiger charge is -2.12. The Labute approximate surface area is 119 Å². The molecule has 5 nitrogen and oxygen atoms in total. The molecule has 0 spiro atoms. The van der Waals surface area contributed by atoms with Gasteiger partial charge in [0.1, 0.15) is 11.5 Å². The highest BCUT2D eigenvalue weighted by atomic mass is 127. The third-order valence-corrected chi connectivity index (χ3v) is 3.81. The Bertz CT molecular complexity index is 581. The molecule has 0 radical (unpaired) electrons. The Morgan fingerprint density at radius 3 is 2.39 bits per heavy atom. The fraction of sp³-hybridized carbons (Fsp3) is 0.250. The summed E-state index contributed by atoms with van der Waals surface area (Å²) in [4.78, 5) is 0. The van der Waals surface area contributed by atoms with Crippen LogP contribution < -0.4 is 15.2 Å². The molecule has 1 aromatic carbocycles. The number of rotatable bonds is 3. The van der Waals surface area contributed by atoms with Gasteiger partial charge in [0.2, 0.25) is 0 Å². The van der Waals surface area contributed by atoms with Gasteiger partial charge in [-0.15, -0.1) is 0 Å². The number of halogens is 1. The molecule has 6 heteroatoms. The molecule has 0 unspecified atom stereocenters. The van der Waals surface area contributed by atoms with Crippen LogP contribution in [0, 0.1) is 10.5 Å². The van der Waals surface area contributed by atoms with Crippen molar-refractivity contribution in [3.8, 4) is 22.8 Å². The molecule has 96 valence electrons. The number of nitrogen functional groups attached to an aromatic ring is 1. The van der Waals surface area contributed by atoms with Crippen LogP contribution in [-0.4, -0.2) is 24.4 Å². The maximum absolute atomic E-state index is 5.75. The van der Waals surface area contributed by atoms with Crippen LogP contribution in [-0.2, 0) is 0 Å². The smallest absolute Gasteiger partial charge is 0.159 e. The maximum atomic E-state index is 5.75. The molecule has 2 aromatic rings. The Balaban J connectivity index is 2.65. The highest BCUT2D eigenvalue weighted by Gasteiger charge is 2.16. The monoisotopic (exact) mass is 359 g/mol. The fourth-order valence-corrected chi connectivity index (χ4v) is 2.30. The Morgan fingerprint density at radius 1 is 1.22 bits per heavy atom. The normalized spacial score (nSPS) is 10.4. The van der Waals surface area contributed by atoms with Gasteiger partial charge in [-0.3, -0.25) is 5.10 Å². The maximum Gasteiger partial charge on any atom is 0.159 e. The van der Waals surface area contributed by atoms with E-state index in [-0.39, 0.29) is 0 Å². The quantitative estimate of drug-likeness (QED) is 0.827. The van der Waals surface area contributed by atoms with Crippen molar-refractivity contribution in [1.82, 2.24) is 10.2 Å². The van der Waals surface area contributed by atoms with Gasteiger partial charge in [0.25, 0.3) is 0 Å². The summed E-state index contributed by atoms with van der Waals surface area (Å²) in [6.07, 6.45) is 0. The highest BCUT2D eigenvalue weighted by Crippen LogP contribution is 2.37. The zero-order valence-corrected chi connectivity index (χ0v) is 12.5. The van der Waals surface area contributed by atoms with Crippen LogP contribution in [0.3, 0.4) is 0 Å². The van der Waals surface area contributed by atoms with E-state index in [9.17, 15) is 0 Å². The van der Waals surface area contributed by atoms with E-state index in [4.69, 9.17) is 15.2 Å². The minimum absolute atomic E-state index is 0.479. The van der Waals surface area contributed by atoms with Gasteiger partial charge in [0.05, 0.1) is 23.5 Å². The summed E-state index contributed by atoms with van der Waals surface area (Å²) in [6, 6.07) is 3.85. The predicted octanol–water partition coefficient (Wildman–Crippen LogP) is 2.59. The molecule has 3 N–H and O–H groups in total. The topological polar surface area (TPSA) is 73.2 Å². The van der Waals surface area contributed by atoms with E-state index < -0.39 is 0 Å². The number of aromatic amines is 1. The molecule has 1 heterocycles. The van der Waals surface area contributed by atoms with E-state index in [0.29, 0.717) is 5.82 Å². The van der Waals surface area contributed by atoms with Crippen molar-refractivity contribution in [2.75, 3.05) is 20.0 Å². The molecule has 0 amide bonds. The second-order valence-electron chi connectivity index (χ2n) is 3.82. The zero-order valence-electron chi connectivity index (χ0n) is 10.4. The Hall–Kier alpha value is -1.44. The minimum atomic E-state index is 0.479. The number of hydrogen-bond acceptors (Lipinski definition) is 4. The van der Waals surface area contributed by atoms with Crippen LogP contribution in [0.15, 0.2) is 12.1 Å². The van der Waals surface area contributed by atoms with Gasteiger partial charge in [-0.25, -0.2) is 0 Å². The van der Waals surface area contributed by atoms with Crippen LogP contribution in [0.2, 0.25) is 0 Å². The first kappa shape index (κ1) is 13.0. The summed E-state index contributed by atoms with van der Waals surface area (Å²) >= 11 is 2.15. The van der Waals surface area contributed by atoms with Gasteiger partial charge in [-0.1, -0.05) is 0 Å². The molecule has 18 heavy (non-hydrogen) atoms. The first-order valence-electron chi connectivity index (χ1n) is 5.30. The largest absolute Gasteiger partial charge is 0.496 e. The van der Waals surface area contributed by atoms with Gasteiger partial charge < -0.3 is 15.2 Å². The molecule has 0 saturated heterocycles. The molecule has 0 bridgehead atoms. The standard InChI is InChI=1S/C12H14IN3O2/c1-6-4-9(18-3)7(5-8(6)17-2)11-10(13)12(14)16-15-11/h4-5H,1-3H3,(H3,14,15,16). The van der Waals surface area contributed by atoms with Gasteiger partial charge in [-0.05, 0) is 47.2 Å². The van der Waals surface area contributed by atoms with Crippen LogP contribution in [0.1, 0.15) is 5.56 Å². The number of nitrogens with zero attached hydrogens (tertiary/aromatic N) is 1. The second kappa shape index (κ2) is 5.05. The van der Waals surface area contributed by atoms with Crippen molar-refractivity contribution in [3.05, 3.63) is 21.3 Å². The van der Waals surface area contributed by atoms with Crippen LogP contribution >= 0.6 is 22.6 Å². The van der Waals surface area contributed by atoms with Crippen LogP contribution in [0.5, 0.6) is 11.5 Å². The fourth-order valence-electron chi connectivity index (χ4n) is 1.77. The van der Waals surface area contributed by atoms with Gasteiger partial charge >= 0.3 is 0 Å². The number of methoxy groups -OCH3 is 2. The lowest BCUT2D eigenvalue weighted by molar-refractivity contribution is 0.401. The summed E-state index contributed by atoms with van der Waals surface area (Å²) in [6.45, 7) is 1.97. The molecular formula is C12H14IN3O2. The van der Waals surface area contributed by atoms with E-state index in [2.05, 4.69) is 32.8 Å². The number of nitrogens with one attached hydrogen (secondary N) is 1. The molecule has 0 saturated carbocycles. The number of hydrogen-bond donors (Lipinski definition) is 2. The van der Waals surface area contributed by atoms with Gasteiger partial charge in [0.15, 0.2) is 5.82 Å². The minimum Gasteiger partial charge on any atom is -0.496 e. The van der Waals surface area contributed by atoms with Crippen molar-refractivity contribution in [1.29, 1.82) is 0 Å². The number of aromatic nitrogens is 2. The Morgan fingerprint density at radius 2 is 1.89 bits per heavy atom. The first-order chi connectivity index (χ1) is 8.58. The molecule has 0 atom stereocenters. The molecule has 0 aliphatic heterocycles. The van der Waals surface area contributed by atoms with Crippen LogP contribution in [0.25, 0.3) is 11.3 Å². The summed E-state index contributed by atoms with van der Waals surface area (Å²) < 4.78 is 11.6. The number of nitrogens with two attached hydrogens (primary N) is 1. The van der Waals surface area contributed by atoms with Crippen molar-refractivity contribution >= 4 is 28.4 Å². The predicted molar refractivity (Wildman–Crippen MR) is 79.0 cm³/mol. The summed E-state index contributed by atoms with van der Waals surface area (Å²) in [5, 5.41) is 6.91. The number of ether oxygens (including phenoxy) is 2. The number of H-pyrrole nitrogens is 1. The summed E-state index contributed by atoms with van der Waals surface area (Å²) in [7, 11) is 3.28. The molecule has 0 fully saturated rings. The third-order valence-electron chi connectivity index (χ3n) is 2.72. The first-order valence-corrected chi connectivity index (χ1v) is 6.38. The van der Waals surface area contributed by atoms with Gasteiger partial charge in [0, 0.05) is 5.56 Å². The molecule has 0 aliphatic rings.